The Bertz CT molecular complexity index is 2190. The van der Waals surface area contributed by atoms with Crippen LogP contribution in [0, 0.1) is 17.7 Å². The highest BCUT2D eigenvalue weighted by atomic mass is 19.1. The van der Waals surface area contributed by atoms with Gasteiger partial charge >= 0.3 is 23.9 Å². The Hall–Kier alpha value is -4.85. The van der Waals surface area contributed by atoms with E-state index in [1.165, 1.54) is 31.1 Å². The number of hydrogen-bond acceptors (Lipinski definition) is 21. The first-order valence-corrected chi connectivity index (χ1v) is 25.9. The molecule has 23 heteroatoms. The van der Waals surface area contributed by atoms with Crippen LogP contribution in [0.2, 0.25) is 0 Å². The third kappa shape index (κ3) is 16.8. The number of aldehydes is 1. The average Bonchev–Trinajstić information content (AvgIpc) is 3.89. The Labute approximate surface area is 438 Å². The Morgan fingerprint density at radius 3 is 2.35 bits per heavy atom. The van der Waals surface area contributed by atoms with Crippen LogP contribution in [0.5, 0.6) is 0 Å². The fourth-order valence-electron chi connectivity index (χ4n) is 10.3. The van der Waals surface area contributed by atoms with Crippen molar-refractivity contribution in [2.75, 3.05) is 41.3 Å². The van der Waals surface area contributed by atoms with E-state index >= 15 is 4.39 Å². The lowest BCUT2D eigenvalue weighted by molar-refractivity contribution is -0.344. The smallest absolute Gasteiger partial charge is 0.309 e. The van der Waals surface area contributed by atoms with Gasteiger partial charge in [0.25, 0.3) is 0 Å². The van der Waals surface area contributed by atoms with Gasteiger partial charge in [0.2, 0.25) is 0 Å². The number of nitrogens with zero attached hydrogens (tertiary/aromatic N) is 6. The van der Waals surface area contributed by atoms with E-state index in [2.05, 4.69) is 15.5 Å². The van der Waals surface area contributed by atoms with Gasteiger partial charge in [-0.1, -0.05) is 32.9 Å². The molecule has 4 heterocycles. The first-order chi connectivity index (χ1) is 35.6. The highest BCUT2D eigenvalue weighted by Crippen LogP contribution is 2.39. The molecule has 1 aromatic heterocycles. The van der Waals surface area contributed by atoms with E-state index in [4.69, 9.17) is 42.6 Å². The van der Waals surface area contributed by atoms with Crippen molar-refractivity contribution in [1.82, 2.24) is 30.0 Å². The van der Waals surface area contributed by atoms with E-state index in [0.717, 1.165) is 0 Å². The van der Waals surface area contributed by atoms with Crippen LogP contribution in [0.1, 0.15) is 112 Å². The van der Waals surface area contributed by atoms with E-state index in [-0.39, 0.29) is 50.6 Å². The predicted octanol–water partition coefficient (Wildman–Crippen LogP) is 3.75. The minimum atomic E-state index is -1.47. The quantitative estimate of drug-likeness (QED) is 0.130. The average molecular weight is 1060 g/mol. The van der Waals surface area contributed by atoms with Gasteiger partial charge in [-0.05, 0) is 102 Å². The van der Waals surface area contributed by atoms with Gasteiger partial charge in [-0.3, -0.25) is 19.2 Å². The van der Waals surface area contributed by atoms with Crippen molar-refractivity contribution in [3.8, 4) is 5.69 Å². The van der Waals surface area contributed by atoms with Crippen molar-refractivity contribution in [2.45, 2.75) is 192 Å². The molecule has 420 valence electrons. The van der Waals surface area contributed by atoms with Crippen LogP contribution in [0.3, 0.4) is 0 Å². The molecular formula is C52H79FN6O16. The second-order valence-corrected chi connectivity index (χ2v) is 20.3. The van der Waals surface area contributed by atoms with E-state index in [0.29, 0.717) is 31.4 Å². The number of carbonyl (C=O) groups is 5. The molecule has 22 nitrogen and oxygen atoms in total. The minimum Gasteiger partial charge on any atom is -0.462 e. The Morgan fingerprint density at radius 2 is 1.72 bits per heavy atom. The molecule has 0 amide bonds. The van der Waals surface area contributed by atoms with E-state index < -0.39 is 133 Å². The maximum Gasteiger partial charge on any atom is 0.309 e. The van der Waals surface area contributed by atoms with E-state index in [1.54, 1.807) is 77.9 Å². The fraction of sp³-hybridized carbons (Fsp3) is 0.731. The number of benzene rings is 1. The van der Waals surface area contributed by atoms with Gasteiger partial charge in [-0.15, -0.1) is 5.10 Å². The first-order valence-electron chi connectivity index (χ1n) is 25.9. The molecule has 3 saturated heterocycles. The van der Waals surface area contributed by atoms with Crippen LogP contribution in [-0.2, 0) is 66.6 Å². The second-order valence-electron chi connectivity index (χ2n) is 20.3. The summed E-state index contributed by atoms with van der Waals surface area (Å²) in [7, 11) is 6.68. The summed E-state index contributed by atoms with van der Waals surface area (Å²) in [6.07, 6.45) is -6.81. The number of hydrogen-bond donors (Lipinski definition) is 2. The molecule has 0 spiro atoms. The number of ether oxygens (including phenoxy) is 9. The normalized spacial score (nSPS) is 33.9. The zero-order valence-corrected chi connectivity index (χ0v) is 45.2. The number of carbonyl (C=O) groups excluding carboxylic acids is 5. The lowest BCUT2D eigenvalue weighted by atomic mass is 9.82. The summed E-state index contributed by atoms with van der Waals surface area (Å²) in [4.78, 5) is 68.6. The third-order valence-electron chi connectivity index (χ3n) is 14.1. The summed E-state index contributed by atoms with van der Waals surface area (Å²) in [5, 5.41) is 35.0. The number of methoxy groups -OCH3 is 1. The molecule has 0 bridgehead atoms. The summed E-state index contributed by atoms with van der Waals surface area (Å²) in [6, 6.07) is 3.68. The van der Waals surface area contributed by atoms with Crippen molar-refractivity contribution >= 4 is 36.2 Å². The Morgan fingerprint density at radius 1 is 1.00 bits per heavy atom. The number of aliphatic hydroxyl groups is 2. The molecule has 3 fully saturated rings. The molecule has 5 rings (SSSR count). The standard InChI is InChI=1S/C52H79FN6O16/c1-12-41(63)71-40-26-43(65)70-37(17-14-16-34-19-20-36(25-38(34)53)59-29-54-55-56-59)18-15-22-58(10)28-39(62)30(3)24-35(21-23-60)48(49(40)67-11)74-51-46(66)45(57(8)9)47(31(4)69-51)73-44-27-52(7,75-33(6)61)50(32(5)68-44)72-42(64)13-2/h14,16,19-20,23,25,29-32,35,37,39-40,44-51,62,66H,12-13,15,17-18,21-22,24,26-28H2,1-11H3/b16-14+/t30-,31?,32?,35+,37+,39+,40-,44+,45?,46?,47+,48+,49+,50+,51+,52?/m1/s1. The number of aromatic nitrogens is 4. The number of rotatable bonds is 17. The summed E-state index contributed by atoms with van der Waals surface area (Å²) < 4.78 is 72.5. The molecule has 2 N–H and O–H groups in total. The van der Waals surface area contributed by atoms with Crippen molar-refractivity contribution in [2.24, 2.45) is 11.8 Å². The van der Waals surface area contributed by atoms with Crippen LogP contribution in [0.25, 0.3) is 11.8 Å². The number of tetrazole rings is 1. The molecular weight excluding hydrogens is 984 g/mol. The van der Waals surface area contributed by atoms with Gasteiger partial charge in [-0.2, -0.15) is 0 Å². The Balaban J connectivity index is 1.45. The number of aliphatic hydroxyl groups excluding tert-OH is 2. The summed E-state index contributed by atoms with van der Waals surface area (Å²) in [5.41, 5.74) is -0.640. The van der Waals surface area contributed by atoms with Crippen molar-refractivity contribution in [1.29, 1.82) is 0 Å². The van der Waals surface area contributed by atoms with Gasteiger partial charge in [0.15, 0.2) is 24.3 Å². The number of halogens is 1. The second kappa shape index (κ2) is 28.5. The topological polar surface area (TPSA) is 259 Å². The zero-order chi connectivity index (χ0) is 55.1. The maximum atomic E-state index is 15.2. The van der Waals surface area contributed by atoms with Gasteiger partial charge < -0.3 is 67.4 Å². The molecule has 0 saturated carbocycles. The monoisotopic (exact) mass is 1060 g/mol. The van der Waals surface area contributed by atoms with Crippen LogP contribution >= 0.6 is 0 Å². The fourth-order valence-corrected chi connectivity index (χ4v) is 10.3. The summed E-state index contributed by atoms with van der Waals surface area (Å²) in [6.45, 7) is 12.2. The highest BCUT2D eigenvalue weighted by Gasteiger charge is 2.54. The van der Waals surface area contributed by atoms with E-state index in [9.17, 15) is 34.2 Å². The van der Waals surface area contributed by atoms with Gasteiger partial charge in [-0.25, -0.2) is 9.07 Å². The van der Waals surface area contributed by atoms with Gasteiger partial charge in [0.05, 0.1) is 42.6 Å². The van der Waals surface area contributed by atoms with Gasteiger partial charge in [0.1, 0.15) is 49.0 Å². The lowest BCUT2D eigenvalue weighted by Gasteiger charge is -2.50. The Kier molecular flexibility index (Phi) is 23.2. The van der Waals surface area contributed by atoms with Crippen molar-refractivity contribution < 1.29 is 81.2 Å². The largest absolute Gasteiger partial charge is 0.462 e. The first kappa shape index (κ1) is 61.0. The zero-order valence-electron chi connectivity index (χ0n) is 45.2. The molecule has 75 heavy (non-hydrogen) atoms. The van der Waals surface area contributed by atoms with Crippen LogP contribution in [0.15, 0.2) is 30.6 Å². The molecule has 0 aliphatic carbocycles. The summed E-state index contributed by atoms with van der Waals surface area (Å²) >= 11 is 0. The van der Waals surface area contributed by atoms with Crippen LogP contribution in [0.4, 0.5) is 4.39 Å². The number of cyclic esters (lactones) is 1. The SMILES string of the molecule is CCC(=O)O[C@@H]1CC(=O)O[C@@H](C/C=C/c2ccc(-n3cnnn3)cc2F)CCCN(C)C[C@H](O)[C@H](C)C[C@H](CC=O)[C@H](O[C@@H]2OC(C)[C@H](O[C@H]3CC(C)(OC(C)=O)[C@@H](OC(=O)CC)C(C)O3)C(N(C)C)C2O)[C@H]1OC. The number of likely N-dealkylation sites (N-methyl/N-ethyl adjacent to an activating group) is 2. The molecule has 3 aliphatic rings. The molecule has 2 aromatic rings. The predicted molar refractivity (Wildman–Crippen MR) is 266 cm³/mol. The lowest BCUT2D eigenvalue weighted by Crippen LogP contribution is -2.66. The molecule has 16 atom stereocenters. The highest BCUT2D eigenvalue weighted by molar-refractivity contribution is 5.73. The molecule has 0 radical (unpaired) electrons. The van der Waals surface area contributed by atoms with Crippen molar-refractivity contribution in [3.05, 3.63) is 42.0 Å². The number of esters is 4. The number of β-amino-alcohol motifs (C(OH)–C–C–N with tert-alkyl or cyclic N) is 1. The molecule has 3 aliphatic heterocycles. The van der Waals surface area contributed by atoms with Gasteiger partial charge in [0, 0.05) is 64.3 Å². The van der Waals surface area contributed by atoms with Crippen LogP contribution < -0.4 is 0 Å². The van der Waals surface area contributed by atoms with Crippen molar-refractivity contribution in [3.63, 3.8) is 0 Å². The molecule has 1 aromatic carbocycles. The molecule has 5 unspecified atom stereocenters. The third-order valence-corrected chi connectivity index (χ3v) is 14.1. The van der Waals surface area contributed by atoms with E-state index in [1.807, 2.05) is 18.9 Å². The summed E-state index contributed by atoms with van der Waals surface area (Å²) in [5.74, 6) is -4.21. The minimum absolute atomic E-state index is 0.0421. The maximum absolute atomic E-state index is 15.2. The van der Waals surface area contributed by atoms with Crippen LogP contribution in [-0.4, -0.2) is 197 Å².